The number of carboxylic acids is 1. The number of ether oxygens (including phenoxy) is 5. The second-order valence-corrected chi connectivity index (χ2v) is 19.2. The van der Waals surface area contributed by atoms with Gasteiger partial charge in [0, 0.05) is 19.3 Å². The Bertz CT molecular complexity index is 1590. The second kappa shape index (κ2) is 48.8. The Kier molecular flexibility index (Phi) is 44.7. The Balaban J connectivity index is 2.71. The van der Waals surface area contributed by atoms with E-state index in [0.717, 1.165) is 128 Å². The first-order chi connectivity index (χ1) is 35.6. The van der Waals surface area contributed by atoms with E-state index in [1.54, 1.807) is 0 Å². The number of unbranched alkanes of at least 4 members (excludes halogenated alkanes) is 19. The number of aliphatic hydroxyl groups excluding tert-OH is 2. The van der Waals surface area contributed by atoms with Crippen LogP contribution in [0.1, 0.15) is 226 Å². The van der Waals surface area contributed by atoms with Crippen LogP contribution in [0, 0.1) is 0 Å². The lowest BCUT2D eigenvalue weighted by atomic mass is 9.98. The third-order valence-corrected chi connectivity index (χ3v) is 12.4. The van der Waals surface area contributed by atoms with Gasteiger partial charge in [-0.05, 0) is 109 Å². The van der Waals surface area contributed by atoms with Gasteiger partial charge < -0.3 is 39.0 Å². The summed E-state index contributed by atoms with van der Waals surface area (Å²) in [5, 5.41) is 31.4. The van der Waals surface area contributed by atoms with Crippen molar-refractivity contribution >= 4 is 23.9 Å². The fraction of sp³-hybridized carbons (Fsp3) is 0.705. The number of hydrogen-bond donors (Lipinski definition) is 3. The maximum Gasteiger partial charge on any atom is 0.335 e. The number of carbonyl (C=O) groups is 4. The summed E-state index contributed by atoms with van der Waals surface area (Å²) in [6.45, 7) is 5.78. The molecule has 12 nitrogen and oxygen atoms in total. The Morgan fingerprint density at radius 2 is 0.877 bits per heavy atom. The molecule has 0 bridgehead atoms. The van der Waals surface area contributed by atoms with Crippen molar-refractivity contribution in [2.45, 2.75) is 263 Å². The van der Waals surface area contributed by atoms with Crippen LogP contribution in [0.5, 0.6) is 0 Å². The van der Waals surface area contributed by atoms with Crippen LogP contribution >= 0.6 is 0 Å². The number of esters is 3. The monoisotopic (exact) mass is 1020 g/mol. The molecule has 0 aliphatic carbocycles. The highest BCUT2D eigenvalue weighted by molar-refractivity contribution is 5.74. The van der Waals surface area contributed by atoms with E-state index in [1.807, 2.05) is 0 Å². The highest BCUT2D eigenvalue weighted by atomic mass is 16.7. The largest absolute Gasteiger partial charge is 0.479 e. The van der Waals surface area contributed by atoms with Gasteiger partial charge in [0.25, 0.3) is 0 Å². The van der Waals surface area contributed by atoms with Crippen LogP contribution < -0.4 is 0 Å². The normalized spacial score (nSPS) is 18.9. The van der Waals surface area contributed by atoms with Crippen molar-refractivity contribution in [3.05, 3.63) is 85.1 Å². The standard InChI is InChI=1S/C61H100O12/c1-4-7-10-13-16-19-22-24-25-26-27-28-29-31-34-37-40-43-46-49-55(64)72-59-57(66)56(65)58(60(67)68)73-61(59)70-51-52(71-54(63)48-45-42-39-36-32-21-18-15-12-9-6-3)50-69-53(62)47-44-41-38-35-33-30-23-20-17-14-11-8-5-2/h7,10,15-16,18-20,23-25,27-28,31,34,52,56-59,61,65-66H,4-6,8-9,11-14,17,21-22,26,29-30,32-33,35-51H2,1-3H3,(H,67,68)/b10-7-,18-15-,19-16-,23-20-,25-24-,28-27-,34-31-. The molecule has 0 amide bonds. The average Bonchev–Trinajstić information content (AvgIpc) is 3.37. The fourth-order valence-corrected chi connectivity index (χ4v) is 8.02. The maximum absolute atomic E-state index is 13.1. The summed E-state index contributed by atoms with van der Waals surface area (Å²) >= 11 is 0. The number of allylic oxidation sites excluding steroid dienone is 14. The predicted octanol–water partition coefficient (Wildman–Crippen LogP) is 14.3. The van der Waals surface area contributed by atoms with E-state index in [2.05, 4.69) is 106 Å². The lowest BCUT2D eigenvalue weighted by molar-refractivity contribution is -0.301. The summed E-state index contributed by atoms with van der Waals surface area (Å²) in [4.78, 5) is 51.0. The van der Waals surface area contributed by atoms with Gasteiger partial charge in [-0.2, -0.15) is 0 Å². The van der Waals surface area contributed by atoms with Gasteiger partial charge in [0.15, 0.2) is 24.6 Å². The number of rotatable bonds is 47. The molecule has 6 atom stereocenters. The van der Waals surface area contributed by atoms with Gasteiger partial charge in [-0.3, -0.25) is 14.4 Å². The van der Waals surface area contributed by atoms with Crippen LogP contribution in [-0.2, 0) is 42.9 Å². The van der Waals surface area contributed by atoms with Crippen molar-refractivity contribution in [1.82, 2.24) is 0 Å². The SMILES string of the molecule is CC/C=C\C/C=C\C/C=C\C/C=C\C/C=C\CCCCCC(=O)OC1C(OCC(COC(=O)CCCCCCC/C=C\CCCCCC)OC(=O)CCCCCCC/C=C\CCCC)OC(C(=O)O)C(O)C1O. The zero-order valence-electron chi connectivity index (χ0n) is 45.6. The van der Waals surface area contributed by atoms with Gasteiger partial charge in [0.2, 0.25) is 0 Å². The summed E-state index contributed by atoms with van der Waals surface area (Å²) in [5.74, 6) is -3.19. The number of aliphatic hydroxyl groups is 2. The van der Waals surface area contributed by atoms with Crippen LogP contribution in [0.15, 0.2) is 85.1 Å². The van der Waals surface area contributed by atoms with Crippen molar-refractivity contribution in [3.63, 3.8) is 0 Å². The molecular formula is C61H100O12. The molecule has 1 fully saturated rings. The molecule has 0 radical (unpaired) electrons. The Morgan fingerprint density at radius 3 is 1.38 bits per heavy atom. The van der Waals surface area contributed by atoms with Crippen LogP contribution in [0.4, 0.5) is 0 Å². The summed E-state index contributed by atoms with van der Waals surface area (Å²) in [7, 11) is 0. The molecule has 0 aromatic heterocycles. The summed E-state index contributed by atoms with van der Waals surface area (Å²) in [5.41, 5.74) is 0. The molecule has 1 saturated heterocycles. The van der Waals surface area contributed by atoms with E-state index in [-0.39, 0.29) is 25.9 Å². The molecule has 0 aromatic carbocycles. The van der Waals surface area contributed by atoms with Gasteiger partial charge in [-0.15, -0.1) is 0 Å². The Labute approximate surface area is 441 Å². The molecule has 0 saturated carbocycles. The molecular weight excluding hydrogens is 925 g/mol. The first kappa shape index (κ1) is 66.9. The zero-order valence-corrected chi connectivity index (χ0v) is 45.6. The molecule has 3 N–H and O–H groups in total. The predicted molar refractivity (Wildman–Crippen MR) is 294 cm³/mol. The van der Waals surface area contributed by atoms with Gasteiger partial charge in [0.05, 0.1) is 6.61 Å². The lowest BCUT2D eigenvalue weighted by Gasteiger charge is -2.40. The first-order valence-electron chi connectivity index (χ1n) is 28.6. The molecule has 1 rings (SSSR count). The molecule has 1 aliphatic rings. The number of aliphatic carboxylic acids is 1. The van der Waals surface area contributed by atoms with E-state index in [4.69, 9.17) is 23.7 Å². The Morgan fingerprint density at radius 1 is 0.466 bits per heavy atom. The zero-order chi connectivity index (χ0) is 53.3. The van der Waals surface area contributed by atoms with Gasteiger partial charge in [-0.25, -0.2) is 4.79 Å². The quantitative estimate of drug-likeness (QED) is 0.0228. The third kappa shape index (κ3) is 39.0. The topological polar surface area (TPSA) is 175 Å². The van der Waals surface area contributed by atoms with Crippen molar-refractivity contribution in [2.24, 2.45) is 0 Å². The molecule has 1 heterocycles. The first-order valence-corrected chi connectivity index (χ1v) is 28.6. The van der Waals surface area contributed by atoms with Gasteiger partial charge in [-0.1, -0.05) is 183 Å². The minimum absolute atomic E-state index is 0.0168. The van der Waals surface area contributed by atoms with E-state index in [1.165, 1.54) is 38.5 Å². The highest BCUT2D eigenvalue weighted by Gasteiger charge is 2.50. The van der Waals surface area contributed by atoms with Crippen LogP contribution in [0.3, 0.4) is 0 Å². The molecule has 1 aliphatic heterocycles. The number of hydrogen-bond acceptors (Lipinski definition) is 11. The van der Waals surface area contributed by atoms with Crippen molar-refractivity contribution < 1.29 is 58.2 Å². The summed E-state index contributed by atoms with van der Waals surface area (Å²) < 4.78 is 28.3. The highest BCUT2D eigenvalue weighted by Crippen LogP contribution is 2.26. The fourth-order valence-electron chi connectivity index (χ4n) is 8.02. The molecule has 416 valence electrons. The van der Waals surface area contributed by atoms with E-state index in [9.17, 15) is 34.5 Å². The molecule has 6 unspecified atom stereocenters. The van der Waals surface area contributed by atoms with Crippen LogP contribution in [-0.4, -0.2) is 89.2 Å². The number of carbonyl (C=O) groups excluding carboxylic acids is 3. The molecule has 0 spiro atoms. The van der Waals surface area contributed by atoms with E-state index >= 15 is 0 Å². The van der Waals surface area contributed by atoms with E-state index in [0.29, 0.717) is 19.3 Å². The Hall–Kier alpha value is -4.10. The minimum atomic E-state index is -1.92. The van der Waals surface area contributed by atoms with E-state index < -0.39 is 67.3 Å². The van der Waals surface area contributed by atoms with Gasteiger partial charge >= 0.3 is 23.9 Å². The smallest absolute Gasteiger partial charge is 0.335 e. The third-order valence-electron chi connectivity index (χ3n) is 12.4. The summed E-state index contributed by atoms with van der Waals surface area (Å²) in [6, 6.07) is 0. The van der Waals surface area contributed by atoms with Crippen molar-refractivity contribution in [3.8, 4) is 0 Å². The molecule has 0 aromatic rings. The number of carboxylic acid groups (broad SMARTS) is 1. The van der Waals surface area contributed by atoms with Crippen molar-refractivity contribution in [2.75, 3.05) is 13.2 Å². The van der Waals surface area contributed by atoms with Gasteiger partial charge in [0.1, 0.15) is 18.8 Å². The second-order valence-electron chi connectivity index (χ2n) is 19.2. The van der Waals surface area contributed by atoms with Crippen LogP contribution in [0.25, 0.3) is 0 Å². The van der Waals surface area contributed by atoms with Crippen molar-refractivity contribution in [1.29, 1.82) is 0 Å². The molecule has 12 heteroatoms. The maximum atomic E-state index is 13.1. The minimum Gasteiger partial charge on any atom is -0.479 e. The lowest BCUT2D eigenvalue weighted by Crippen LogP contribution is -2.61. The average molecular weight is 1030 g/mol. The van der Waals surface area contributed by atoms with Crippen LogP contribution in [0.2, 0.25) is 0 Å². The summed E-state index contributed by atoms with van der Waals surface area (Å²) in [6.07, 6.45) is 49.9. The molecule has 73 heavy (non-hydrogen) atoms.